The van der Waals surface area contributed by atoms with Crippen molar-refractivity contribution in [3.63, 3.8) is 0 Å². The maximum absolute atomic E-state index is 13.1. The Kier molecular flexibility index (Phi) is 5.59. The van der Waals surface area contributed by atoms with Gasteiger partial charge in [0.2, 0.25) is 0 Å². The summed E-state index contributed by atoms with van der Waals surface area (Å²) in [6.07, 6.45) is 0. The van der Waals surface area contributed by atoms with Crippen LogP contribution in [0.4, 0.5) is 10.1 Å². The number of halogens is 2. The highest BCUT2D eigenvalue weighted by Crippen LogP contribution is 2.28. The molecule has 8 heteroatoms. The van der Waals surface area contributed by atoms with E-state index in [0.717, 1.165) is 6.07 Å². The zero-order valence-corrected chi connectivity index (χ0v) is 13.4. The van der Waals surface area contributed by atoms with Gasteiger partial charge >= 0.3 is 0 Å². The molecule has 126 valence electrons. The summed E-state index contributed by atoms with van der Waals surface area (Å²) in [5.74, 6) is -1.12. The molecule has 24 heavy (non-hydrogen) atoms. The first-order chi connectivity index (χ1) is 11.4. The number of anilines is 1. The molecule has 3 N–H and O–H groups in total. The topological polar surface area (TPSA) is 90.7 Å². The third-order valence-electron chi connectivity index (χ3n) is 2.97. The van der Waals surface area contributed by atoms with Crippen LogP contribution in [0.3, 0.4) is 0 Å². The molecule has 0 aromatic heterocycles. The lowest BCUT2D eigenvalue weighted by Crippen LogP contribution is -2.20. The van der Waals surface area contributed by atoms with Crippen molar-refractivity contribution in [2.24, 2.45) is 5.73 Å². The number of hydrogen-bond donors (Lipinski definition) is 2. The number of hydrogen-bond acceptors (Lipinski definition) is 4. The number of nitrogens with two attached hydrogens (primary N) is 1. The van der Waals surface area contributed by atoms with Crippen molar-refractivity contribution in [2.75, 3.05) is 19.0 Å². The molecule has 0 unspecified atom stereocenters. The van der Waals surface area contributed by atoms with E-state index in [4.69, 9.17) is 26.8 Å². The monoisotopic (exact) mass is 352 g/mol. The molecule has 2 amide bonds. The van der Waals surface area contributed by atoms with Crippen molar-refractivity contribution in [3.05, 3.63) is 52.8 Å². The zero-order chi connectivity index (χ0) is 17.7. The lowest BCUT2D eigenvalue weighted by atomic mass is 10.2. The molecule has 0 radical (unpaired) electrons. The quantitative estimate of drug-likeness (QED) is 0.836. The van der Waals surface area contributed by atoms with Crippen LogP contribution in [0, 0.1) is 5.82 Å². The lowest BCUT2D eigenvalue weighted by Gasteiger charge is -2.11. The summed E-state index contributed by atoms with van der Waals surface area (Å²) in [4.78, 5) is 23.0. The van der Waals surface area contributed by atoms with E-state index in [1.165, 1.54) is 37.4 Å². The molecular formula is C16H14ClFN2O4. The first-order valence-electron chi connectivity index (χ1n) is 6.76. The highest BCUT2D eigenvalue weighted by molar-refractivity contribution is 6.31. The van der Waals surface area contributed by atoms with Gasteiger partial charge in [-0.2, -0.15) is 0 Å². The van der Waals surface area contributed by atoms with E-state index in [2.05, 4.69) is 5.32 Å². The number of ether oxygens (including phenoxy) is 2. The Hall–Kier alpha value is -2.80. The molecule has 0 aliphatic rings. The summed E-state index contributed by atoms with van der Waals surface area (Å²) in [5, 5.41) is 2.49. The van der Waals surface area contributed by atoms with Crippen molar-refractivity contribution in [1.29, 1.82) is 0 Å². The van der Waals surface area contributed by atoms with Gasteiger partial charge in [-0.25, -0.2) is 4.39 Å². The maximum atomic E-state index is 13.1. The van der Waals surface area contributed by atoms with Crippen LogP contribution < -0.4 is 20.5 Å². The second kappa shape index (κ2) is 7.65. The third-order valence-corrected chi connectivity index (χ3v) is 3.26. The molecule has 0 bridgehead atoms. The number of rotatable bonds is 6. The summed E-state index contributed by atoms with van der Waals surface area (Å²) in [7, 11) is 1.40. The normalized spacial score (nSPS) is 10.1. The Morgan fingerprint density at radius 3 is 2.58 bits per heavy atom. The molecule has 0 atom stereocenters. The smallest absolute Gasteiger partial charge is 0.255 e. The third kappa shape index (κ3) is 4.36. The van der Waals surface area contributed by atoms with Crippen LogP contribution in [0.25, 0.3) is 0 Å². The van der Waals surface area contributed by atoms with Crippen LogP contribution in [0.1, 0.15) is 10.4 Å². The Balaban J connectivity index is 2.16. The molecule has 0 spiro atoms. The van der Waals surface area contributed by atoms with Gasteiger partial charge < -0.3 is 20.5 Å². The predicted molar refractivity (Wildman–Crippen MR) is 87.0 cm³/mol. The second-order valence-electron chi connectivity index (χ2n) is 4.70. The highest BCUT2D eigenvalue weighted by Gasteiger charge is 2.13. The average Bonchev–Trinajstić information content (AvgIpc) is 2.56. The minimum Gasteiger partial charge on any atom is -0.493 e. The lowest BCUT2D eigenvalue weighted by molar-refractivity contribution is -0.119. The van der Waals surface area contributed by atoms with Gasteiger partial charge in [-0.1, -0.05) is 11.6 Å². The zero-order valence-electron chi connectivity index (χ0n) is 12.6. The summed E-state index contributed by atoms with van der Waals surface area (Å²) < 4.78 is 23.4. The number of nitrogens with one attached hydrogen (secondary N) is 1. The van der Waals surface area contributed by atoms with Crippen LogP contribution in [-0.4, -0.2) is 25.5 Å². The first kappa shape index (κ1) is 17.6. The van der Waals surface area contributed by atoms with E-state index in [1.54, 1.807) is 0 Å². The molecule has 0 aliphatic carbocycles. The van der Waals surface area contributed by atoms with Gasteiger partial charge in [0.05, 0.1) is 12.1 Å². The van der Waals surface area contributed by atoms with Crippen molar-refractivity contribution < 1.29 is 23.5 Å². The molecule has 6 nitrogen and oxygen atoms in total. The van der Waals surface area contributed by atoms with E-state index in [9.17, 15) is 14.0 Å². The Morgan fingerprint density at radius 2 is 1.96 bits per heavy atom. The van der Waals surface area contributed by atoms with Gasteiger partial charge in [-0.05, 0) is 36.4 Å². The van der Waals surface area contributed by atoms with Gasteiger partial charge in [0, 0.05) is 11.3 Å². The minimum absolute atomic E-state index is 0.0967. The fraction of sp³-hybridized carbons (Fsp3) is 0.125. The van der Waals surface area contributed by atoms with Crippen LogP contribution in [-0.2, 0) is 4.79 Å². The summed E-state index contributed by atoms with van der Waals surface area (Å²) in [6.45, 7) is -0.310. The molecule has 2 aromatic carbocycles. The second-order valence-corrected chi connectivity index (χ2v) is 5.11. The summed E-state index contributed by atoms with van der Waals surface area (Å²) in [6, 6.07) is 8.25. The number of carbonyl (C=O) groups is 2. The highest BCUT2D eigenvalue weighted by atomic mass is 35.5. The number of carbonyl (C=O) groups excluding carboxylic acids is 2. The number of primary amides is 1. The Labute approximate surface area is 142 Å². The SMILES string of the molecule is COc1cc(C(=O)Nc2ccc(F)c(Cl)c2)ccc1OCC(N)=O. The summed E-state index contributed by atoms with van der Waals surface area (Å²) >= 11 is 5.67. The molecule has 0 saturated carbocycles. The first-order valence-corrected chi connectivity index (χ1v) is 7.14. The fourth-order valence-electron chi connectivity index (χ4n) is 1.85. The predicted octanol–water partition coefficient (Wildman–Crippen LogP) is 2.60. The van der Waals surface area contributed by atoms with E-state index < -0.39 is 17.6 Å². The number of methoxy groups -OCH3 is 1. The summed E-state index contributed by atoms with van der Waals surface area (Å²) in [5.41, 5.74) is 5.64. The standard InChI is InChI=1S/C16H14ClFN2O4/c1-23-14-6-9(2-5-13(14)24-8-15(19)21)16(22)20-10-3-4-12(18)11(17)7-10/h2-7H,8H2,1H3,(H2,19,21)(H,20,22). The molecule has 0 heterocycles. The van der Waals surface area contributed by atoms with Crippen LogP contribution in [0.5, 0.6) is 11.5 Å². The Morgan fingerprint density at radius 1 is 1.21 bits per heavy atom. The van der Waals surface area contributed by atoms with Crippen LogP contribution in [0.2, 0.25) is 5.02 Å². The van der Waals surface area contributed by atoms with E-state index in [-0.39, 0.29) is 28.7 Å². The van der Waals surface area contributed by atoms with Crippen molar-refractivity contribution in [3.8, 4) is 11.5 Å². The fourth-order valence-corrected chi connectivity index (χ4v) is 2.03. The van der Waals surface area contributed by atoms with Gasteiger partial charge in [-0.3, -0.25) is 9.59 Å². The van der Waals surface area contributed by atoms with Gasteiger partial charge in [-0.15, -0.1) is 0 Å². The van der Waals surface area contributed by atoms with E-state index >= 15 is 0 Å². The number of benzene rings is 2. The van der Waals surface area contributed by atoms with Crippen LogP contribution in [0.15, 0.2) is 36.4 Å². The van der Waals surface area contributed by atoms with Crippen LogP contribution >= 0.6 is 11.6 Å². The average molecular weight is 353 g/mol. The minimum atomic E-state index is -0.632. The van der Waals surface area contributed by atoms with Gasteiger partial charge in [0.1, 0.15) is 5.82 Å². The Bertz CT molecular complexity index is 783. The van der Waals surface area contributed by atoms with Crippen molar-refractivity contribution in [2.45, 2.75) is 0 Å². The molecule has 0 fully saturated rings. The number of amides is 2. The van der Waals surface area contributed by atoms with E-state index in [1.807, 2.05) is 0 Å². The molecule has 0 aliphatic heterocycles. The molecule has 2 aromatic rings. The van der Waals surface area contributed by atoms with Crippen molar-refractivity contribution >= 4 is 29.1 Å². The van der Waals surface area contributed by atoms with E-state index in [0.29, 0.717) is 5.69 Å². The largest absolute Gasteiger partial charge is 0.493 e. The molecule has 0 saturated heterocycles. The maximum Gasteiger partial charge on any atom is 0.255 e. The van der Waals surface area contributed by atoms with Crippen molar-refractivity contribution in [1.82, 2.24) is 0 Å². The molecule has 2 rings (SSSR count). The molecular weight excluding hydrogens is 339 g/mol. The van der Waals surface area contributed by atoms with Gasteiger partial charge in [0.15, 0.2) is 18.1 Å². The van der Waals surface area contributed by atoms with Gasteiger partial charge in [0.25, 0.3) is 11.8 Å².